The van der Waals surface area contributed by atoms with E-state index in [0.29, 0.717) is 24.2 Å². The van der Waals surface area contributed by atoms with Gasteiger partial charge in [0.1, 0.15) is 5.75 Å². The van der Waals surface area contributed by atoms with Crippen molar-refractivity contribution in [3.63, 3.8) is 0 Å². The topological polar surface area (TPSA) is 111 Å². The Morgan fingerprint density at radius 2 is 1.93 bits per heavy atom. The number of aromatic nitrogens is 4. The number of nitrogens with zero attached hydrogens (tertiary/aromatic N) is 4. The van der Waals surface area contributed by atoms with Crippen molar-refractivity contribution in [2.24, 2.45) is 5.92 Å². The number of amides is 3. The van der Waals surface area contributed by atoms with E-state index < -0.39 is 17.2 Å². The van der Waals surface area contributed by atoms with E-state index in [0.717, 1.165) is 11.3 Å². The van der Waals surface area contributed by atoms with Crippen molar-refractivity contribution in [3.05, 3.63) is 29.8 Å². The number of methoxy groups -OCH3 is 1. The van der Waals surface area contributed by atoms with E-state index >= 15 is 0 Å². The number of urea groups is 1. The quantitative estimate of drug-likeness (QED) is 0.658. The molecule has 9 nitrogen and oxygen atoms in total. The van der Waals surface area contributed by atoms with Crippen molar-refractivity contribution < 1.29 is 14.3 Å². The van der Waals surface area contributed by atoms with Crippen LogP contribution < -0.4 is 15.4 Å². The molecule has 0 fully saturated rings. The monoisotopic (exact) mass is 392 g/mol. The van der Waals surface area contributed by atoms with Crippen molar-refractivity contribution >= 4 is 23.7 Å². The van der Waals surface area contributed by atoms with Crippen LogP contribution in [0.2, 0.25) is 0 Å². The third-order valence-electron chi connectivity index (χ3n) is 3.55. The fourth-order valence-corrected chi connectivity index (χ4v) is 2.84. The minimum atomic E-state index is -0.532. The Labute approximate surface area is 162 Å². The van der Waals surface area contributed by atoms with Gasteiger partial charge < -0.3 is 10.1 Å². The molecule has 0 spiro atoms. The zero-order chi connectivity index (χ0) is 19.8. The molecule has 1 atom stereocenters. The van der Waals surface area contributed by atoms with Crippen molar-refractivity contribution in [2.75, 3.05) is 13.7 Å². The SMILES string of the molecule is COc1ccc(Cn2nnnc2SC(C)C(=O)NC(=O)NCC(C)C)cc1. The van der Waals surface area contributed by atoms with Gasteiger partial charge in [0.2, 0.25) is 11.1 Å². The molecule has 1 unspecified atom stereocenters. The molecule has 0 saturated carbocycles. The molecule has 2 rings (SSSR count). The van der Waals surface area contributed by atoms with Crippen LogP contribution in [0.5, 0.6) is 5.75 Å². The van der Waals surface area contributed by atoms with Gasteiger partial charge in [-0.05, 0) is 41.0 Å². The molecule has 2 N–H and O–H groups in total. The number of nitrogens with one attached hydrogen (secondary N) is 2. The number of benzene rings is 1. The van der Waals surface area contributed by atoms with E-state index in [1.807, 2.05) is 38.1 Å². The van der Waals surface area contributed by atoms with Gasteiger partial charge >= 0.3 is 6.03 Å². The maximum atomic E-state index is 12.2. The highest BCUT2D eigenvalue weighted by Gasteiger charge is 2.20. The van der Waals surface area contributed by atoms with Crippen LogP contribution in [-0.2, 0) is 11.3 Å². The molecule has 3 amide bonds. The van der Waals surface area contributed by atoms with Gasteiger partial charge in [-0.25, -0.2) is 9.48 Å². The average Bonchev–Trinajstić information content (AvgIpc) is 3.07. The molecule has 1 heterocycles. The standard InChI is InChI=1S/C17H24N6O3S/c1-11(2)9-18-16(25)19-15(24)12(3)27-17-20-21-22-23(17)10-13-5-7-14(26-4)8-6-13/h5-8,11-12H,9-10H2,1-4H3,(H2,18,19,24,25). The van der Waals surface area contributed by atoms with Crippen molar-refractivity contribution in [1.82, 2.24) is 30.8 Å². The first-order chi connectivity index (χ1) is 12.9. The molecule has 0 bridgehead atoms. The second-order valence-corrected chi connectivity index (χ2v) is 7.63. The highest BCUT2D eigenvalue weighted by Crippen LogP contribution is 2.21. The lowest BCUT2D eigenvalue weighted by atomic mass is 10.2. The van der Waals surface area contributed by atoms with E-state index in [4.69, 9.17) is 4.74 Å². The molecule has 0 radical (unpaired) electrons. The van der Waals surface area contributed by atoms with Gasteiger partial charge in [0.15, 0.2) is 0 Å². The van der Waals surface area contributed by atoms with Crippen molar-refractivity contribution in [3.8, 4) is 5.75 Å². The Morgan fingerprint density at radius 3 is 2.56 bits per heavy atom. The first-order valence-electron chi connectivity index (χ1n) is 8.53. The summed E-state index contributed by atoms with van der Waals surface area (Å²) < 4.78 is 6.75. The first-order valence-corrected chi connectivity index (χ1v) is 9.41. The molecular weight excluding hydrogens is 368 g/mol. The van der Waals surface area contributed by atoms with E-state index in [9.17, 15) is 9.59 Å². The Hall–Kier alpha value is -2.62. The summed E-state index contributed by atoms with van der Waals surface area (Å²) in [4.78, 5) is 23.9. The number of hydrogen-bond acceptors (Lipinski definition) is 7. The molecule has 1 aromatic heterocycles. The van der Waals surface area contributed by atoms with E-state index in [1.54, 1.807) is 18.7 Å². The van der Waals surface area contributed by atoms with Gasteiger partial charge in [-0.15, -0.1) is 5.10 Å². The normalized spacial score (nSPS) is 11.9. The molecule has 0 aliphatic heterocycles. The number of rotatable bonds is 8. The minimum Gasteiger partial charge on any atom is -0.497 e. The van der Waals surface area contributed by atoms with Crippen molar-refractivity contribution in [2.45, 2.75) is 37.7 Å². The zero-order valence-corrected chi connectivity index (χ0v) is 16.6. The second kappa shape index (κ2) is 9.91. The van der Waals surface area contributed by atoms with Gasteiger partial charge in [-0.2, -0.15) is 0 Å². The zero-order valence-electron chi connectivity index (χ0n) is 15.8. The predicted octanol–water partition coefficient (Wildman–Crippen LogP) is 1.69. The number of hydrogen-bond donors (Lipinski definition) is 2. The van der Waals surface area contributed by atoms with Crippen LogP contribution in [0.3, 0.4) is 0 Å². The summed E-state index contributed by atoms with van der Waals surface area (Å²) in [6.45, 7) is 6.61. The lowest BCUT2D eigenvalue weighted by Crippen LogP contribution is -2.43. The van der Waals surface area contributed by atoms with Gasteiger partial charge in [-0.1, -0.05) is 37.7 Å². The summed E-state index contributed by atoms with van der Waals surface area (Å²) in [6, 6.07) is 7.06. The Bertz CT molecular complexity index is 762. The maximum Gasteiger partial charge on any atom is 0.321 e. The van der Waals surface area contributed by atoms with Crippen molar-refractivity contribution in [1.29, 1.82) is 0 Å². The summed E-state index contributed by atoms with van der Waals surface area (Å²) in [6.07, 6.45) is 0. The number of thioether (sulfide) groups is 1. The lowest BCUT2D eigenvalue weighted by molar-refractivity contribution is -0.119. The highest BCUT2D eigenvalue weighted by molar-refractivity contribution is 8.00. The maximum absolute atomic E-state index is 12.2. The predicted molar refractivity (Wildman–Crippen MR) is 102 cm³/mol. The summed E-state index contributed by atoms with van der Waals surface area (Å²) in [5.74, 6) is 0.673. The molecule has 2 aromatic rings. The summed E-state index contributed by atoms with van der Waals surface area (Å²) in [5, 5.41) is 16.6. The second-order valence-electron chi connectivity index (χ2n) is 6.32. The number of carbonyl (C=O) groups is 2. The fourth-order valence-electron chi connectivity index (χ4n) is 2.05. The molecule has 27 heavy (non-hydrogen) atoms. The van der Waals surface area contributed by atoms with E-state index in [-0.39, 0.29) is 0 Å². The number of imide groups is 1. The Balaban J connectivity index is 1.92. The van der Waals surface area contributed by atoms with Gasteiger partial charge in [-0.3, -0.25) is 10.1 Å². The van der Waals surface area contributed by atoms with Crippen LogP contribution in [0.15, 0.2) is 29.4 Å². The van der Waals surface area contributed by atoms with Gasteiger partial charge in [0.25, 0.3) is 0 Å². The molecule has 146 valence electrons. The van der Waals surface area contributed by atoms with Crippen LogP contribution in [0.25, 0.3) is 0 Å². The summed E-state index contributed by atoms with van der Waals surface area (Å²) >= 11 is 1.19. The number of carbonyl (C=O) groups excluding carboxylic acids is 2. The molecule has 10 heteroatoms. The minimum absolute atomic E-state index is 0.306. The van der Waals surface area contributed by atoms with Crippen LogP contribution in [0.1, 0.15) is 26.3 Å². The molecular formula is C17H24N6O3S. The number of tetrazole rings is 1. The Morgan fingerprint density at radius 1 is 1.22 bits per heavy atom. The number of ether oxygens (including phenoxy) is 1. The van der Waals surface area contributed by atoms with Crippen LogP contribution >= 0.6 is 11.8 Å². The largest absolute Gasteiger partial charge is 0.497 e. The molecule has 1 aromatic carbocycles. The van der Waals surface area contributed by atoms with Gasteiger partial charge in [0.05, 0.1) is 18.9 Å². The smallest absolute Gasteiger partial charge is 0.321 e. The third kappa shape index (κ3) is 6.55. The van der Waals surface area contributed by atoms with Crippen LogP contribution in [-0.4, -0.2) is 51.1 Å². The first kappa shape index (κ1) is 20.7. The van der Waals surface area contributed by atoms with Crippen LogP contribution in [0.4, 0.5) is 4.79 Å². The molecule has 0 aliphatic carbocycles. The molecule has 0 aliphatic rings. The molecule has 0 saturated heterocycles. The summed E-state index contributed by atoms with van der Waals surface area (Å²) in [5.41, 5.74) is 0.995. The Kier molecular flexibility index (Phi) is 7.59. The van der Waals surface area contributed by atoms with E-state index in [2.05, 4.69) is 26.2 Å². The average molecular weight is 392 g/mol. The third-order valence-corrected chi connectivity index (χ3v) is 4.62. The summed E-state index contributed by atoms with van der Waals surface area (Å²) in [7, 11) is 1.61. The lowest BCUT2D eigenvalue weighted by Gasteiger charge is -2.12. The fraction of sp³-hybridized carbons (Fsp3) is 0.471. The van der Waals surface area contributed by atoms with E-state index in [1.165, 1.54) is 11.8 Å². The highest BCUT2D eigenvalue weighted by atomic mass is 32.2. The van der Waals surface area contributed by atoms with Gasteiger partial charge in [0, 0.05) is 6.54 Å². The van der Waals surface area contributed by atoms with Crippen LogP contribution in [0, 0.1) is 5.92 Å².